The molecule has 1 aromatic heterocycles. The topological polar surface area (TPSA) is 61.3 Å². The first-order valence-electron chi connectivity index (χ1n) is 7.31. The number of rotatable bonds is 5. The zero-order valence-electron chi connectivity index (χ0n) is 12.5. The van der Waals surface area contributed by atoms with E-state index < -0.39 is 11.6 Å². The lowest BCUT2D eigenvalue weighted by atomic mass is 9.84. The van der Waals surface area contributed by atoms with Gasteiger partial charge in [-0.2, -0.15) is 0 Å². The molecule has 0 amide bonds. The number of carbonyl (C=O) groups excluding carboxylic acids is 1. The molecule has 0 saturated heterocycles. The van der Waals surface area contributed by atoms with Gasteiger partial charge in [0.05, 0.1) is 18.2 Å². The summed E-state index contributed by atoms with van der Waals surface area (Å²) in [4.78, 5) is 20.7. The molecule has 1 saturated carbocycles. The van der Waals surface area contributed by atoms with Gasteiger partial charge in [-0.25, -0.2) is 14.8 Å². The van der Waals surface area contributed by atoms with Gasteiger partial charge in [-0.1, -0.05) is 19.3 Å². The summed E-state index contributed by atoms with van der Waals surface area (Å²) in [6.45, 7) is 2.07. The third-order valence-electron chi connectivity index (χ3n) is 3.95. The number of carbonyl (C=O) groups is 1. The zero-order valence-corrected chi connectivity index (χ0v) is 13.3. The molecule has 116 valence electrons. The van der Waals surface area contributed by atoms with Gasteiger partial charge in [0.1, 0.15) is 11.2 Å². The third-order valence-corrected chi connectivity index (χ3v) is 4.20. The molecule has 0 atom stereocenters. The Labute approximate surface area is 130 Å². The van der Waals surface area contributed by atoms with Crippen LogP contribution in [-0.2, 0) is 21.0 Å². The molecule has 0 aromatic carbocycles. The van der Waals surface area contributed by atoms with Gasteiger partial charge < -0.3 is 9.47 Å². The van der Waals surface area contributed by atoms with E-state index in [1.165, 1.54) is 12.6 Å². The first-order chi connectivity index (χ1) is 10.2. The van der Waals surface area contributed by atoms with E-state index in [0.29, 0.717) is 23.7 Å². The molecule has 1 fully saturated rings. The smallest absolute Gasteiger partial charge is 0.341 e. The van der Waals surface area contributed by atoms with E-state index in [1.54, 1.807) is 14.0 Å². The standard InChI is InChI=1S/C15H21ClN2O3/c1-3-21-13(19)11-10-17-14(18-12(11)9-16)15(20-2)7-5-4-6-8-15/h10H,3-9H2,1-2H3. The summed E-state index contributed by atoms with van der Waals surface area (Å²) in [6.07, 6.45) is 6.68. The van der Waals surface area contributed by atoms with E-state index in [9.17, 15) is 4.79 Å². The van der Waals surface area contributed by atoms with Gasteiger partial charge in [0.25, 0.3) is 0 Å². The zero-order chi connectivity index (χ0) is 15.3. The lowest BCUT2D eigenvalue weighted by molar-refractivity contribution is -0.0516. The highest BCUT2D eigenvalue weighted by Crippen LogP contribution is 2.38. The first kappa shape index (κ1) is 16.2. The maximum Gasteiger partial charge on any atom is 0.341 e. The second-order valence-corrected chi connectivity index (χ2v) is 5.43. The van der Waals surface area contributed by atoms with Crippen molar-refractivity contribution in [2.75, 3.05) is 13.7 Å². The summed E-state index contributed by atoms with van der Waals surface area (Å²) < 4.78 is 10.7. The number of nitrogens with zero attached hydrogens (tertiary/aromatic N) is 2. The Balaban J connectivity index is 2.35. The molecule has 2 rings (SSSR count). The van der Waals surface area contributed by atoms with E-state index in [0.717, 1.165) is 25.7 Å². The number of esters is 1. The van der Waals surface area contributed by atoms with E-state index in [2.05, 4.69) is 9.97 Å². The fourth-order valence-electron chi connectivity index (χ4n) is 2.76. The second-order valence-electron chi connectivity index (χ2n) is 5.17. The van der Waals surface area contributed by atoms with Crippen LogP contribution in [0.15, 0.2) is 6.20 Å². The van der Waals surface area contributed by atoms with Crippen molar-refractivity contribution in [3.05, 3.63) is 23.3 Å². The SMILES string of the molecule is CCOC(=O)c1cnc(C2(OC)CCCCC2)nc1CCl. The summed E-state index contributed by atoms with van der Waals surface area (Å²) in [5.41, 5.74) is 0.381. The van der Waals surface area contributed by atoms with Crippen molar-refractivity contribution in [2.24, 2.45) is 0 Å². The minimum atomic E-state index is -0.452. The Hall–Kier alpha value is -1.20. The molecule has 1 heterocycles. The lowest BCUT2D eigenvalue weighted by Crippen LogP contribution is -2.34. The number of aromatic nitrogens is 2. The van der Waals surface area contributed by atoms with Crippen LogP contribution in [0.5, 0.6) is 0 Å². The van der Waals surface area contributed by atoms with E-state index in [1.807, 2.05) is 0 Å². The van der Waals surface area contributed by atoms with Crippen molar-refractivity contribution in [3.8, 4) is 0 Å². The van der Waals surface area contributed by atoms with Crippen LogP contribution < -0.4 is 0 Å². The number of hydrogen-bond donors (Lipinski definition) is 0. The predicted octanol–water partition coefficient (Wildman–Crippen LogP) is 3.20. The summed E-state index contributed by atoms with van der Waals surface area (Å²) in [5, 5.41) is 0. The van der Waals surface area contributed by atoms with Crippen molar-refractivity contribution in [3.63, 3.8) is 0 Å². The summed E-state index contributed by atoms with van der Waals surface area (Å²) in [7, 11) is 1.69. The Bertz CT molecular complexity index is 502. The maximum atomic E-state index is 11.9. The molecular weight excluding hydrogens is 292 g/mol. The van der Waals surface area contributed by atoms with Crippen molar-refractivity contribution in [1.29, 1.82) is 0 Å². The minimum absolute atomic E-state index is 0.142. The van der Waals surface area contributed by atoms with Gasteiger partial charge in [-0.05, 0) is 19.8 Å². The molecule has 0 aliphatic heterocycles. The highest BCUT2D eigenvalue weighted by atomic mass is 35.5. The quantitative estimate of drug-likeness (QED) is 0.617. The number of halogens is 1. The van der Waals surface area contributed by atoms with Crippen LogP contribution in [-0.4, -0.2) is 29.7 Å². The fraction of sp³-hybridized carbons (Fsp3) is 0.667. The molecular formula is C15H21ClN2O3. The molecule has 1 aromatic rings. The van der Waals surface area contributed by atoms with Crippen molar-refractivity contribution in [1.82, 2.24) is 9.97 Å². The normalized spacial score (nSPS) is 17.5. The molecule has 1 aliphatic rings. The van der Waals surface area contributed by atoms with Gasteiger partial charge in [0, 0.05) is 13.3 Å². The number of methoxy groups -OCH3 is 1. The van der Waals surface area contributed by atoms with Gasteiger partial charge in [0.15, 0.2) is 5.82 Å². The molecule has 6 heteroatoms. The molecule has 1 aliphatic carbocycles. The van der Waals surface area contributed by atoms with Crippen LogP contribution in [0, 0.1) is 0 Å². The average molecular weight is 313 g/mol. The summed E-state index contributed by atoms with van der Waals surface area (Å²) in [5.74, 6) is 0.326. The third kappa shape index (κ3) is 3.35. The molecule has 0 N–H and O–H groups in total. The van der Waals surface area contributed by atoms with E-state index in [4.69, 9.17) is 21.1 Å². The predicted molar refractivity (Wildman–Crippen MR) is 79.3 cm³/mol. The molecule has 0 unspecified atom stereocenters. The Kier molecular flexibility index (Phi) is 5.53. The monoisotopic (exact) mass is 312 g/mol. The van der Waals surface area contributed by atoms with Crippen LogP contribution in [0.3, 0.4) is 0 Å². The minimum Gasteiger partial charge on any atom is -0.462 e. The fourth-order valence-corrected chi connectivity index (χ4v) is 2.96. The molecule has 0 radical (unpaired) electrons. The highest BCUT2D eigenvalue weighted by Gasteiger charge is 2.37. The van der Waals surface area contributed by atoms with E-state index >= 15 is 0 Å². The lowest BCUT2D eigenvalue weighted by Gasteiger charge is -2.34. The molecule has 5 nitrogen and oxygen atoms in total. The summed E-state index contributed by atoms with van der Waals surface area (Å²) >= 11 is 5.94. The van der Waals surface area contributed by atoms with Crippen LogP contribution in [0.1, 0.15) is 60.9 Å². The van der Waals surface area contributed by atoms with Gasteiger partial charge in [-0.15, -0.1) is 11.6 Å². The van der Waals surface area contributed by atoms with Crippen molar-refractivity contribution < 1.29 is 14.3 Å². The largest absolute Gasteiger partial charge is 0.462 e. The first-order valence-corrected chi connectivity index (χ1v) is 7.85. The highest BCUT2D eigenvalue weighted by molar-refractivity contribution is 6.17. The average Bonchev–Trinajstić information content (AvgIpc) is 2.55. The van der Waals surface area contributed by atoms with Crippen LogP contribution in [0.4, 0.5) is 0 Å². The van der Waals surface area contributed by atoms with Crippen molar-refractivity contribution >= 4 is 17.6 Å². The van der Waals surface area contributed by atoms with Crippen LogP contribution >= 0.6 is 11.6 Å². The number of ether oxygens (including phenoxy) is 2. The number of hydrogen-bond acceptors (Lipinski definition) is 5. The second kappa shape index (κ2) is 7.18. The Morgan fingerprint density at radius 2 is 2.10 bits per heavy atom. The molecule has 0 bridgehead atoms. The van der Waals surface area contributed by atoms with Crippen molar-refractivity contribution in [2.45, 2.75) is 50.5 Å². The Morgan fingerprint density at radius 1 is 1.38 bits per heavy atom. The number of alkyl halides is 1. The Morgan fingerprint density at radius 3 is 2.67 bits per heavy atom. The maximum absolute atomic E-state index is 11.9. The van der Waals surface area contributed by atoms with Gasteiger partial charge >= 0.3 is 5.97 Å². The summed E-state index contributed by atoms with van der Waals surface area (Å²) in [6, 6.07) is 0. The molecule has 21 heavy (non-hydrogen) atoms. The van der Waals surface area contributed by atoms with E-state index in [-0.39, 0.29) is 5.88 Å². The van der Waals surface area contributed by atoms with Gasteiger partial charge in [-0.3, -0.25) is 0 Å². The van der Waals surface area contributed by atoms with Crippen LogP contribution in [0.2, 0.25) is 0 Å². The molecule has 0 spiro atoms. The van der Waals surface area contributed by atoms with Gasteiger partial charge in [0.2, 0.25) is 0 Å². The van der Waals surface area contributed by atoms with Crippen LogP contribution in [0.25, 0.3) is 0 Å².